The Balaban J connectivity index is 1.46. The third-order valence-corrected chi connectivity index (χ3v) is 5.36. The molecule has 1 atom stereocenters. The van der Waals surface area contributed by atoms with Gasteiger partial charge in [0.05, 0.1) is 18.7 Å². The molecule has 140 valence electrons. The average molecular weight is 364 g/mol. The van der Waals surface area contributed by atoms with Crippen molar-refractivity contribution in [2.75, 3.05) is 33.4 Å². The van der Waals surface area contributed by atoms with Crippen molar-refractivity contribution >= 4 is 16.8 Å². The number of hydrogen-bond donors (Lipinski definition) is 0. The van der Waals surface area contributed by atoms with Crippen LogP contribution in [0.4, 0.5) is 8.78 Å². The number of alkyl halides is 2. The van der Waals surface area contributed by atoms with E-state index in [2.05, 4.69) is 5.10 Å². The molecule has 8 heteroatoms. The summed E-state index contributed by atoms with van der Waals surface area (Å²) in [4.78, 5) is 16.3. The van der Waals surface area contributed by atoms with Gasteiger partial charge < -0.3 is 9.64 Å². The first-order valence-electron chi connectivity index (χ1n) is 8.73. The number of benzene rings is 1. The lowest BCUT2D eigenvalue weighted by Gasteiger charge is -2.45. The number of ether oxygens (including phenoxy) is 1. The zero-order valence-corrected chi connectivity index (χ0v) is 14.9. The fraction of sp³-hybridized carbons (Fsp3) is 0.556. The summed E-state index contributed by atoms with van der Waals surface area (Å²) in [6.45, 7) is 0.908. The molecule has 0 N–H and O–H groups in total. The molecule has 2 aromatic rings. The summed E-state index contributed by atoms with van der Waals surface area (Å²) in [5, 5.41) is 5.17. The molecule has 2 aliphatic rings. The molecule has 0 aliphatic carbocycles. The molecule has 2 aliphatic heterocycles. The normalized spacial score (nSPS) is 23.5. The molecular weight excluding hydrogens is 342 g/mol. The summed E-state index contributed by atoms with van der Waals surface area (Å²) in [5.74, 6) is -2.84. The maximum Gasteiger partial charge on any atom is 0.275 e. The number of halogens is 2. The zero-order valence-electron chi connectivity index (χ0n) is 14.9. The van der Waals surface area contributed by atoms with E-state index >= 15 is 0 Å². The van der Waals surface area contributed by atoms with Gasteiger partial charge in [0.1, 0.15) is 0 Å². The van der Waals surface area contributed by atoms with Gasteiger partial charge in [-0.25, -0.2) is 8.78 Å². The van der Waals surface area contributed by atoms with Gasteiger partial charge in [-0.15, -0.1) is 0 Å². The Morgan fingerprint density at radius 2 is 2.08 bits per heavy atom. The molecule has 3 heterocycles. The Morgan fingerprint density at radius 1 is 1.35 bits per heavy atom. The summed E-state index contributed by atoms with van der Waals surface area (Å²) in [6.07, 6.45) is -0.184. The highest BCUT2D eigenvalue weighted by Crippen LogP contribution is 2.36. The molecule has 1 aromatic carbocycles. The van der Waals surface area contributed by atoms with Crippen molar-refractivity contribution in [1.82, 2.24) is 19.6 Å². The summed E-state index contributed by atoms with van der Waals surface area (Å²) in [5.41, 5.74) is 1.31. The highest BCUT2D eigenvalue weighted by molar-refractivity contribution is 6.05. The van der Waals surface area contributed by atoms with Crippen molar-refractivity contribution in [1.29, 1.82) is 0 Å². The van der Waals surface area contributed by atoms with Crippen LogP contribution in [0.5, 0.6) is 0 Å². The van der Waals surface area contributed by atoms with Gasteiger partial charge in [-0.05, 0) is 6.07 Å². The van der Waals surface area contributed by atoms with Crippen LogP contribution in [-0.4, -0.2) is 76.8 Å². The second kappa shape index (κ2) is 6.28. The first-order chi connectivity index (χ1) is 12.4. The van der Waals surface area contributed by atoms with Gasteiger partial charge in [-0.1, -0.05) is 18.2 Å². The van der Waals surface area contributed by atoms with Crippen LogP contribution in [0.15, 0.2) is 24.3 Å². The number of aromatic nitrogens is 2. The number of aryl methyl sites for hydroxylation is 1. The van der Waals surface area contributed by atoms with Crippen LogP contribution in [-0.2, 0) is 11.8 Å². The van der Waals surface area contributed by atoms with E-state index < -0.39 is 5.92 Å². The van der Waals surface area contributed by atoms with Crippen molar-refractivity contribution in [2.45, 2.75) is 24.4 Å². The fourth-order valence-electron chi connectivity index (χ4n) is 4.05. The summed E-state index contributed by atoms with van der Waals surface area (Å²) >= 11 is 0. The van der Waals surface area contributed by atoms with Crippen LogP contribution >= 0.6 is 0 Å². The minimum Gasteiger partial charge on any atom is -0.383 e. The van der Waals surface area contributed by atoms with Crippen molar-refractivity contribution in [3.8, 4) is 0 Å². The Kier molecular flexibility index (Phi) is 4.19. The lowest BCUT2D eigenvalue weighted by Crippen LogP contribution is -2.62. The largest absolute Gasteiger partial charge is 0.383 e. The minimum absolute atomic E-state index is 0.0533. The number of methoxy groups -OCH3 is 1. The van der Waals surface area contributed by atoms with Crippen molar-refractivity contribution in [3.05, 3.63) is 30.0 Å². The monoisotopic (exact) mass is 364 g/mol. The molecule has 0 bridgehead atoms. The smallest absolute Gasteiger partial charge is 0.275 e. The topological polar surface area (TPSA) is 50.6 Å². The summed E-state index contributed by atoms with van der Waals surface area (Å²) in [7, 11) is 3.33. The number of rotatable bonds is 4. The molecule has 4 rings (SSSR count). The van der Waals surface area contributed by atoms with Crippen LogP contribution in [0.1, 0.15) is 16.9 Å². The second-order valence-electron chi connectivity index (χ2n) is 7.19. The maximum atomic E-state index is 13.8. The first-order valence-corrected chi connectivity index (χ1v) is 8.73. The van der Waals surface area contributed by atoms with E-state index in [0.717, 1.165) is 10.9 Å². The highest BCUT2D eigenvalue weighted by Gasteiger charge is 2.50. The van der Waals surface area contributed by atoms with Gasteiger partial charge in [0, 0.05) is 51.1 Å². The fourth-order valence-corrected chi connectivity index (χ4v) is 4.05. The third-order valence-electron chi connectivity index (χ3n) is 5.36. The predicted octanol–water partition coefficient (Wildman–Crippen LogP) is 1.75. The van der Waals surface area contributed by atoms with Gasteiger partial charge in [0.15, 0.2) is 5.69 Å². The van der Waals surface area contributed by atoms with Crippen LogP contribution in [0.2, 0.25) is 0 Å². The number of hydrogen-bond acceptors (Lipinski definition) is 4. The molecule has 0 radical (unpaired) electrons. The van der Waals surface area contributed by atoms with Crippen LogP contribution in [0.3, 0.4) is 0 Å². The van der Waals surface area contributed by atoms with E-state index in [4.69, 9.17) is 4.74 Å². The molecule has 0 saturated carbocycles. The molecule has 26 heavy (non-hydrogen) atoms. The number of carbonyl (C=O) groups is 1. The number of carbonyl (C=O) groups excluding carboxylic acids is 1. The number of likely N-dealkylation sites (tertiary alicyclic amines) is 2. The van der Waals surface area contributed by atoms with Gasteiger partial charge in [-0.2, -0.15) is 5.10 Å². The number of nitrogens with zero attached hydrogens (tertiary/aromatic N) is 4. The SMILES string of the molecule is COC[C@@H]1CC(F)(F)CN1C1CN(C(=O)c2nn(C)c3ccccc23)C1. The molecule has 0 spiro atoms. The van der Waals surface area contributed by atoms with Gasteiger partial charge in [0.2, 0.25) is 0 Å². The molecule has 1 amide bonds. The highest BCUT2D eigenvalue weighted by atomic mass is 19.3. The molecule has 0 unspecified atom stereocenters. The molecule has 1 aromatic heterocycles. The maximum absolute atomic E-state index is 13.8. The predicted molar refractivity (Wildman–Crippen MR) is 92.3 cm³/mol. The standard InChI is InChI=1S/C18H22F2N4O2/c1-22-15-6-4-3-5-14(15)16(21-22)17(25)23-8-13(9-23)24-11-18(19,20)7-12(24)10-26-2/h3-6,12-13H,7-11H2,1-2H3/t12-/m0/s1. The van der Waals surface area contributed by atoms with Crippen molar-refractivity contribution < 1.29 is 18.3 Å². The van der Waals surface area contributed by atoms with E-state index in [1.54, 1.807) is 21.5 Å². The second-order valence-corrected chi connectivity index (χ2v) is 7.19. The third kappa shape index (κ3) is 2.87. The van der Waals surface area contributed by atoms with Gasteiger partial charge >= 0.3 is 0 Å². The summed E-state index contributed by atoms with van der Waals surface area (Å²) in [6, 6.07) is 7.22. The minimum atomic E-state index is -2.69. The lowest BCUT2D eigenvalue weighted by atomic mass is 10.0. The van der Waals surface area contributed by atoms with Crippen LogP contribution < -0.4 is 0 Å². The number of amides is 1. The number of para-hydroxylation sites is 1. The van der Waals surface area contributed by atoms with E-state index in [1.807, 2.05) is 24.3 Å². The van der Waals surface area contributed by atoms with Crippen LogP contribution in [0, 0.1) is 0 Å². The van der Waals surface area contributed by atoms with Gasteiger partial charge in [-0.3, -0.25) is 14.4 Å². The Bertz CT molecular complexity index is 832. The molecule has 2 fully saturated rings. The van der Waals surface area contributed by atoms with Crippen molar-refractivity contribution in [2.24, 2.45) is 7.05 Å². The van der Waals surface area contributed by atoms with E-state index in [0.29, 0.717) is 18.8 Å². The van der Waals surface area contributed by atoms with E-state index in [1.165, 1.54) is 7.11 Å². The van der Waals surface area contributed by atoms with E-state index in [-0.39, 0.29) is 37.6 Å². The first kappa shape index (κ1) is 17.4. The lowest BCUT2D eigenvalue weighted by molar-refractivity contribution is -0.0137. The van der Waals surface area contributed by atoms with Crippen molar-refractivity contribution in [3.63, 3.8) is 0 Å². The summed E-state index contributed by atoms with van der Waals surface area (Å²) < 4.78 is 34.4. The van der Waals surface area contributed by atoms with Crippen LogP contribution in [0.25, 0.3) is 10.9 Å². The Hall–Kier alpha value is -2.06. The quantitative estimate of drug-likeness (QED) is 0.830. The molecule has 6 nitrogen and oxygen atoms in total. The number of fused-ring (bicyclic) bond motifs is 1. The molecular formula is C18H22F2N4O2. The Morgan fingerprint density at radius 3 is 2.81 bits per heavy atom. The average Bonchev–Trinajstić information content (AvgIpc) is 3.04. The Labute approximate surface area is 150 Å². The zero-order chi connectivity index (χ0) is 18.5. The molecule has 2 saturated heterocycles. The van der Waals surface area contributed by atoms with E-state index in [9.17, 15) is 13.6 Å². The van der Waals surface area contributed by atoms with Gasteiger partial charge in [0.25, 0.3) is 11.8 Å².